The third-order valence-corrected chi connectivity index (χ3v) is 4.94. The number of amides is 1. The predicted octanol–water partition coefficient (Wildman–Crippen LogP) is 3.37. The standard InChI is InChI=1S/C24H27N3O5/c1-27-12-11-25-24(27)22(17-7-6-8-18(15-17)29-2)26-21(28)10-9-16-13-19(30-3)23(32-5)20(14-16)31-4/h6-15,22H,1-5H3,(H,26,28)/b10-9+. The average molecular weight is 437 g/mol. The van der Waals surface area contributed by atoms with Crippen molar-refractivity contribution in [1.82, 2.24) is 14.9 Å². The quantitative estimate of drug-likeness (QED) is 0.517. The first-order chi connectivity index (χ1) is 15.5. The molecule has 1 atom stereocenters. The van der Waals surface area contributed by atoms with Crippen LogP contribution >= 0.6 is 0 Å². The Morgan fingerprint density at radius 1 is 1.03 bits per heavy atom. The molecule has 0 radical (unpaired) electrons. The summed E-state index contributed by atoms with van der Waals surface area (Å²) >= 11 is 0. The van der Waals surface area contributed by atoms with Crippen LogP contribution in [0.25, 0.3) is 6.08 Å². The Kier molecular flexibility index (Phi) is 7.38. The molecule has 1 N–H and O–H groups in total. The van der Waals surface area contributed by atoms with Crippen molar-refractivity contribution in [3.8, 4) is 23.0 Å². The van der Waals surface area contributed by atoms with E-state index < -0.39 is 6.04 Å². The topological polar surface area (TPSA) is 83.8 Å². The molecule has 1 heterocycles. The van der Waals surface area contributed by atoms with Gasteiger partial charge in [0.2, 0.25) is 11.7 Å². The number of hydrogen-bond donors (Lipinski definition) is 1. The molecule has 3 rings (SSSR count). The van der Waals surface area contributed by atoms with Gasteiger partial charge in [0, 0.05) is 25.5 Å². The van der Waals surface area contributed by atoms with Gasteiger partial charge in [-0.05, 0) is 41.5 Å². The van der Waals surface area contributed by atoms with Crippen LogP contribution in [0, 0.1) is 0 Å². The zero-order chi connectivity index (χ0) is 23.1. The minimum atomic E-state index is -0.456. The molecule has 0 spiro atoms. The number of imidazole rings is 1. The highest BCUT2D eigenvalue weighted by Crippen LogP contribution is 2.38. The minimum absolute atomic E-state index is 0.283. The summed E-state index contributed by atoms with van der Waals surface area (Å²) in [6.07, 6.45) is 6.67. The van der Waals surface area contributed by atoms with Crippen molar-refractivity contribution in [2.75, 3.05) is 28.4 Å². The SMILES string of the molecule is COc1cccc(C(NC(=O)/C=C/c2cc(OC)c(OC)c(OC)c2)c2nccn2C)c1. The van der Waals surface area contributed by atoms with Gasteiger partial charge in [-0.2, -0.15) is 0 Å². The Labute approximate surface area is 187 Å². The maximum absolute atomic E-state index is 12.8. The van der Waals surface area contributed by atoms with Gasteiger partial charge in [-0.15, -0.1) is 0 Å². The number of aromatic nitrogens is 2. The number of hydrogen-bond acceptors (Lipinski definition) is 6. The van der Waals surface area contributed by atoms with Crippen molar-refractivity contribution < 1.29 is 23.7 Å². The molecule has 0 bridgehead atoms. The lowest BCUT2D eigenvalue weighted by Gasteiger charge is -2.19. The first-order valence-corrected chi connectivity index (χ1v) is 9.90. The number of benzene rings is 2. The first-order valence-electron chi connectivity index (χ1n) is 9.90. The van der Waals surface area contributed by atoms with Crippen LogP contribution in [0.4, 0.5) is 0 Å². The smallest absolute Gasteiger partial charge is 0.244 e. The monoisotopic (exact) mass is 437 g/mol. The van der Waals surface area contributed by atoms with Crippen LogP contribution in [0.2, 0.25) is 0 Å². The summed E-state index contributed by atoms with van der Waals surface area (Å²) in [5.74, 6) is 2.62. The third kappa shape index (κ3) is 5.03. The maximum Gasteiger partial charge on any atom is 0.244 e. The fourth-order valence-electron chi connectivity index (χ4n) is 3.33. The van der Waals surface area contributed by atoms with E-state index in [0.717, 1.165) is 11.1 Å². The largest absolute Gasteiger partial charge is 0.497 e. The summed E-state index contributed by atoms with van der Waals surface area (Å²) in [6, 6.07) is 10.6. The summed E-state index contributed by atoms with van der Waals surface area (Å²) in [7, 11) is 8.12. The van der Waals surface area contributed by atoms with Crippen molar-refractivity contribution in [3.05, 3.63) is 71.8 Å². The molecule has 32 heavy (non-hydrogen) atoms. The Balaban J connectivity index is 1.87. The Morgan fingerprint density at radius 2 is 1.75 bits per heavy atom. The van der Waals surface area contributed by atoms with Gasteiger partial charge >= 0.3 is 0 Å². The molecule has 0 fully saturated rings. The number of nitrogens with zero attached hydrogens (tertiary/aromatic N) is 2. The Morgan fingerprint density at radius 3 is 2.31 bits per heavy atom. The molecule has 2 aromatic carbocycles. The molecule has 8 nitrogen and oxygen atoms in total. The predicted molar refractivity (Wildman–Crippen MR) is 121 cm³/mol. The van der Waals surface area contributed by atoms with E-state index in [-0.39, 0.29) is 5.91 Å². The van der Waals surface area contributed by atoms with Gasteiger partial charge in [0.05, 0.1) is 28.4 Å². The minimum Gasteiger partial charge on any atom is -0.497 e. The molecule has 0 aliphatic rings. The van der Waals surface area contributed by atoms with Crippen LogP contribution in [0.5, 0.6) is 23.0 Å². The van der Waals surface area contributed by atoms with Crippen LogP contribution in [0.3, 0.4) is 0 Å². The highest BCUT2D eigenvalue weighted by atomic mass is 16.5. The molecule has 1 amide bonds. The third-order valence-electron chi connectivity index (χ3n) is 4.94. The van der Waals surface area contributed by atoms with Gasteiger partial charge in [0.1, 0.15) is 17.6 Å². The van der Waals surface area contributed by atoms with Gasteiger partial charge in [0.15, 0.2) is 11.5 Å². The number of nitrogens with one attached hydrogen (secondary N) is 1. The molecule has 0 saturated heterocycles. The normalized spacial score (nSPS) is 11.8. The van der Waals surface area contributed by atoms with E-state index in [1.54, 1.807) is 52.8 Å². The number of carbonyl (C=O) groups excluding carboxylic acids is 1. The highest BCUT2D eigenvalue weighted by molar-refractivity contribution is 5.92. The van der Waals surface area contributed by atoms with E-state index in [2.05, 4.69) is 10.3 Å². The molecule has 1 unspecified atom stereocenters. The fourth-order valence-corrected chi connectivity index (χ4v) is 3.33. The zero-order valence-corrected chi connectivity index (χ0v) is 18.8. The van der Waals surface area contributed by atoms with E-state index in [0.29, 0.717) is 28.8 Å². The summed E-state index contributed by atoms with van der Waals surface area (Å²) in [5, 5.41) is 3.03. The van der Waals surface area contributed by atoms with Gasteiger partial charge in [-0.1, -0.05) is 12.1 Å². The summed E-state index contributed by atoms with van der Waals surface area (Å²) in [5.41, 5.74) is 1.58. The van der Waals surface area contributed by atoms with E-state index in [9.17, 15) is 4.79 Å². The van der Waals surface area contributed by atoms with Gasteiger partial charge in [0.25, 0.3) is 0 Å². The van der Waals surface area contributed by atoms with Crippen molar-refractivity contribution in [1.29, 1.82) is 0 Å². The maximum atomic E-state index is 12.8. The number of aryl methyl sites for hydroxylation is 1. The second-order valence-corrected chi connectivity index (χ2v) is 6.91. The Hall–Kier alpha value is -3.94. The van der Waals surface area contributed by atoms with E-state index in [1.807, 2.05) is 42.1 Å². The highest BCUT2D eigenvalue weighted by Gasteiger charge is 2.20. The number of ether oxygens (including phenoxy) is 4. The van der Waals surface area contributed by atoms with Crippen molar-refractivity contribution in [2.24, 2.45) is 7.05 Å². The fraction of sp³-hybridized carbons (Fsp3) is 0.250. The van der Waals surface area contributed by atoms with Crippen LogP contribution in [-0.4, -0.2) is 43.9 Å². The molecule has 8 heteroatoms. The molecular formula is C24H27N3O5. The number of rotatable bonds is 9. The van der Waals surface area contributed by atoms with Crippen LogP contribution in [0.1, 0.15) is 23.0 Å². The summed E-state index contributed by atoms with van der Waals surface area (Å²) < 4.78 is 23.3. The molecule has 0 saturated carbocycles. The zero-order valence-electron chi connectivity index (χ0n) is 18.8. The second kappa shape index (κ2) is 10.4. The molecule has 1 aromatic heterocycles. The lowest BCUT2D eigenvalue weighted by molar-refractivity contribution is -0.117. The summed E-state index contributed by atoms with van der Waals surface area (Å²) in [6.45, 7) is 0. The van der Waals surface area contributed by atoms with Crippen LogP contribution in [-0.2, 0) is 11.8 Å². The van der Waals surface area contributed by atoms with Crippen molar-refractivity contribution in [2.45, 2.75) is 6.04 Å². The average Bonchev–Trinajstić information content (AvgIpc) is 3.25. The molecular weight excluding hydrogens is 410 g/mol. The molecule has 0 aliphatic heterocycles. The van der Waals surface area contributed by atoms with Crippen molar-refractivity contribution in [3.63, 3.8) is 0 Å². The molecule has 0 aliphatic carbocycles. The van der Waals surface area contributed by atoms with Gasteiger partial charge in [-0.25, -0.2) is 4.98 Å². The lowest BCUT2D eigenvalue weighted by Crippen LogP contribution is -2.29. The van der Waals surface area contributed by atoms with Crippen LogP contribution in [0.15, 0.2) is 54.9 Å². The molecule has 168 valence electrons. The van der Waals surface area contributed by atoms with Crippen molar-refractivity contribution >= 4 is 12.0 Å². The summed E-state index contributed by atoms with van der Waals surface area (Å²) in [4.78, 5) is 17.3. The van der Waals surface area contributed by atoms with E-state index >= 15 is 0 Å². The van der Waals surface area contributed by atoms with E-state index in [1.165, 1.54) is 6.08 Å². The van der Waals surface area contributed by atoms with Gasteiger partial charge < -0.3 is 28.8 Å². The van der Waals surface area contributed by atoms with E-state index in [4.69, 9.17) is 18.9 Å². The Bertz CT molecular complexity index is 1080. The van der Waals surface area contributed by atoms with Gasteiger partial charge in [-0.3, -0.25) is 4.79 Å². The number of carbonyl (C=O) groups is 1. The lowest BCUT2D eigenvalue weighted by atomic mass is 10.1. The first kappa shape index (κ1) is 22.7. The van der Waals surface area contributed by atoms with Crippen LogP contribution < -0.4 is 24.3 Å². The second-order valence-electron chi connectivity index (χ2n) is 6.91. The molecule has 3 aromatic rings. The number of methoxy groups -OCH3 is 4.